The van der Waals surface area contributed by atoms with Crippen LogP contribution in [0.4, 0.5) is 17.8 Å². The van der Waals surface area contributed by atoms with Gasteiger partial charge in [-0.2, -0.15) is 15.0 Å². The van der Waals surface area contributed by atoms with Crippen LogP contribution < -0.4 is 15.1 Å². The molecule has 1 aromatic heterocycles. The minimum atomic E-state index is 0.565. The Kier molecular flexibility index (Phi) is 5.59. The van der Waals surface area contributed by atoms with E-state index in [-0.39, 0.29) is 0 Å². The molecule has 0 saturated heterocycles. The van der Waals surface area contributed by atoms with Gasteiger partial charge in [0.2, 0.25) is 17.8 Å². The van der Waals surface area contributed by atoms with Crippen molar-refractivity contribution < 1.29 is 0 Å². The Morgan fingerprint density at radius 1 is 1.00 bits per heavy atom. The summed E-state index contributed by atoms with van der Waals surface area (Å²) >= 11 is 0. The predicted octanol–water partition coefficient (Wildman–Crippen LogP) is 2.53. The Morgan fingerprint density at radius 3 is 2.24 bits per heavy atom. The molecule has 0 aromatic carbocycles. The number of hydrogen-bond acceptors (Lipinski definition) is 6. The van der Waals surface area contributed by atoms with Crippen LogP contribution in [0, 0.1) is 0 Å². The van der Waals surface area contributed by atoms with Crippen molar-refractivity contribution in [1.82, 2.24) is 15.0 Å². The van der Waals surface area contributed by atoms with Crippen molar-refractivity contribution in [2.24, 2.45) is 0 Å². The van der Waals surface area contributed by atoms with E-state index in [1.54, 1.807) is 0 Å². The molecule has 1 heterocycles. The SMILES string of the molecule is CCNc1nc(N(C)C)nc(N(CC)C2CCCCC2)n1. The maximum Gasteiger partial charge on any atom is 0.232 e. The van der Waals surface area contributed by atoms with Crippen LogP contribution in [0.15, 0.2) is 0 Å². The molecule has 1 aliphatic rings. The van der Waals surface area contributed by atoms with Crippen molar-refractivity contribution in [3.05, 3.63) is 0 Å². The Hall–Kier alpha value is -1.59. The predicted molar refractivity (Wildman–Crippen MR) is 88.2 cm³/mol. The van der Waals surface area contributed by atoms with Crippen LogP contribution in [0.1, 0.15) is 46.0 Å². The zero-order chi connectivity index (χ0) is 15.2. The van der Waals surface area contributed by atoms with E-state index in [4.69, 9.17) is 0 Å². The highest BCUT2D eigenvalue weighted by Gasteiger charge is 2.23. The second kappa shape index (κ2) is 7.43. The average molecular weight is 292 g/mol. The Labute approximate surface area is 128 Å². The molecule has 0 unspecified atom stereocenters. The zero-order valence-electron chi connectivity index (χ0n) is 13.8. The van der Waals surface area contributed by atoms with E-state index >= 15 is 0 Å². The normalized spacial score (nSPS) is 15.8. The first-order valence-electron chi connectivity index (χ1n) is 8.09. The van der Waals surface area contributed by atoms with Gasteiger partial charge in [-0.15, -0.1) is 0 Å². The second-order valence-electron chi connectivity index (χ2n) is 5.76. The van der Waals surface area contributed by atoms with E-state index in [0.717, 1.165) is 19.0 Å². The Bertz CT molecular complexity index is 442. The third kappa shape index (κ3) is 3.95. The fraction of sp³-hybridized carbons (Fsp3) is 0.800. The van der Waals surface area contributed by atoms with Crippen molar-refractivity contribution in [2.75, 3.05) is 42.3 Å². The monoisotopic (exact) mass is 292 g/mol. The highest BCUT2D eigenvalue weighted by Crippen LogP contribution is 2.26. The van der Waals surface area contributed by atoms with E-state index in [0.29, 0.717) is 17.9 Å². The fourth-order valence-corrected chi connectivity index (χ4v) is 2.88. The summed E-state index contributed by atoms with van der Waals surface area (Å²) < 4.78 is 0. The molecule has 1 N–H and O–H groups in total. The first-order valence-corrected chi connectivity index (χ1v) is 8.09. The van der Waals surface area contributed by atoms with Gasteiger partial charge in [0.25, 0.3) is 0 Å². The number of anilines is 3. The molecule has 0 amide bonds. The third-order valence-corrected chi connectivity index (χ3v) is 3.96. The van der Waals surface area contributed by atoms with E-state index in [1.165, 1.54) is 32.1 Å². The average Bonchev–Trinajstić information content (AvgIpc) is 2.49. The molecule has 1 aromatic rings. The van der Waals surface area contributed by atoms with Gasteiger partial charge in [-0.25, -0.2) is 0 Å². The Balaban J connectivity index is 2.29. The molecule has 0 atom stereocenters. The lowest BCUT2D eigenvalue weighted by Gasteiger charge is -2.34. The number of hydrogen-bond donors (Lipinski definition) is 1. The van der Waals surface area contributed by atoms with Crippen LogP contribution in [-0.2, 0) is 0 Å². The maximum absolute atomic E-state index is 4.65. The molecule has 21 heavy (non-hydrogen) atoms. The van der Waals surface area contributed by atoms with Gasteiger partial charge in [0.05, 0.1) is 0 Å². The van der Waals surface area contributed by atoms with E-state index in [9.17, 15) is 0 Å². The summed E-state index contributed by atoms with van der Waals surface area (Å²) in [6.45, 7) is 5.98. The molecule has 2 rings (SSSR count). The minimum Gasteiger partial charge on any atom is -0.354 e. The first kappa shape index (κ1) is 15.8. The summed E-state index contributed by atoms with van der Waals surface area (Å²) in [6.07, 6.45) is 6.47. The molecule has 1 aliphatic carbocycles. The molecule has 118 valence electrons. The maximum atomic E-state index is 4.65. The number of nitrogens with zero attached hydrogens (tertiary/aromatic N) is 5. The molecule has 0 spiro atoms. The lowest BCUT2D eigenvalue weighted by Crippen LogP contribution is -2.38. The van der Waals surface area contributed by atoms with Gasteiger partial charge < -0.3 is 15.1 Å². The smallest absolute Gasteiger partial charge is 0.232 e. The summed E-state index contributed by atoms with van der Waals surface area (Å²) in [5.74, 6) is 2.18. The van der Waals surface area contributed by atoms with E-state index in [2.05, 4.69) is 39.0 Å². The summed E-state index contributed by atoms with van der Waals surface area (Å²) in [6, 6.07) is 0.565. The van der Waals surface area contributed by atoms with Crippen molar-refractivity contribution in [3.8, 4) is 0 Å². The number of nitrogens with one attached hydrogen (secondary N) is 1. The fourth-order valence-electron chi connectivity index (χ4n) is 2.88. The van der Waals surface area contributed by atoms with Crippen LogP contribution in [0.3, 0.4) is 0 Å². The number of aromatic nitrogens is 3. The van der Waals surface area contributed by atoms with Crippen LogP contribution >= 0.6 is 0 Å². The molecule has 1 fully saturated rings. The number of rotatable bonds is 6. The molecule has 6 nitrogen and oxygen atoms in total. The first-order chi connectivity index (χ1) is 10.2. The molecule has 0 aliphatic heterocycles. The van der Waals surface area contributed by atoms with Gasteiger partial charge in [-0.1, -0.05) is 19.3 Å². The molecule has 1 saturated carbocycles. The molecule has 0 bridgehead atoms. The van der Waals surface area contributed by atoms with Crippen LogP contribution in [0.25, 0.3) is 0 Å². The van der Waals surface area contributed by atoms with Crippen molar-refractivity contribution in [1.29, 1.82) is 0 Å². The van der Waals surface area contributed by atoms with Gasteiger partial charge in [0.1, 0.15) is 0 Å². The zero-order valence-corrected chi connectivity index (χ0v) is 13.8. The Morgan fingerprint density at radius 2 is 1.67 bits per heavy atom. The molecule has 0 radical (unpaired) electrons. The van der Waals surface area contributed by atoms with Crippen LogP contribution in [0.5, 0.6) is 0 Å². The summed E-state index contributed by atoms with van der Waals surface area (Å²) in [5, 5.41) is 3.21. The highest BCUT2D eigenvalue weighted by molar-refractivity contribution is 5.45. The summed E-state index contributed by atoms with van der Waals surface area (Å²) in [5.41, 5.74) is 0. The third-order valence-electron chi connectivity index (χ3n) is 3.96. The molecular formula is C15H28N6. The van der Waals surface area contributed by atoms with Crippen LogP contribution in [-0.4, -0.2) is 48.2 Å². The van der Waals surface area contributed by atoms with Gasteiger partial charge in [0.15, 0.2) is 0 Å². The largest absolute Gasteiger partial charge is 0.354 e. The standard InChI is InChI=1S/C15H28N6/c1-5-16-13-17-14(20(3)4)19-15(18-13)21(6-2)12-10-8-7-9-11-12/h12H,5-11H2,1-4H3,(H,16,17,18,19). The highest BCUT2D eigenvalue weighted by atomic mass is 15.4. The lowest BCUT2D eigenvalue weighted by atomic mass is 9.94. The van der Waals surface area contributed by atoms with Gasteiger partial charge in [-0.3, -0.25) is 0 Å². The van der Waals surface area contributed by atoms with Gasteiger partial charge in [0, 0.05) is 33.2 Å². The van der Waals surface area contributed by atoms with E-state index < -0.39 is 0 Å². The molecule has 6 heteroatoms. The van der Waals surface area contributed by atoms with Crippen LogP contribution in [0.2, 0.25) is 0 Å². The van der Waals surface area contributed by atoms with Gasteiger partial charge in [-0.05, 0) is 26.7 Å². The molecular weight excluding hydrogens is 264 g/mol. The second-order valence-corrected chi connectivity index (χ2v) is 5.76. The quantitative estimate of drug-likeness (QED) is 0.869. The summed E-state index contributed by atoms with van der Waals surface area (Å²) in [4.78, 5) is 18.0. The van der Waals surface area contributed by atoms with Crippen molar-refractivity contribution in [3.63, 3.8) is 0 Å². The summed E-state index contributed by atoms with van der Waals surface area (Å²) in [7, 11) is 3.93. The van der Waals surface area contributed by atoms with E-state index in [1.807, 2.05) is 19.0 Å². The van der Waals surface area contributed by atoms with Gasteiger partial charge >= 0.3 is 0 Å². The van der Waals surface area contributed by atoms with Crippen molar-refractivity contribution in [2.45, 2.75) is 52.0 Å². The topological polar surface area (TPSA) is 57.2 Å². The van der Waals surface area contributed by atoms with Crippen molar-refractivity contribution >= 4 is 17.8 Å². The lowest BCUT2D eigenvalue weighted by molar-refractivity contribution is 0.414. The minimum absolute atomic E-state index is 0.565.